The van der Waals surface area contributed by atoms with E-state index in [1.165, 1.54) is 32.1 Å². The number of nitrogens with one attached hydrogen (secondary N) is 1. The normalized spacial score (nSPS) is 26.9. The minimum absolute atomic E-state index is 0.261. The topological polar surface area (TPSA) is 46.2 Å². The van der Waals surface area contributed by atoms with Crippen LogP contribution in [0.2, 0.25) is 0 Å². The summed E-state index contributed by atoms with van der Waals surface area (Å²) in [5, 5.41) is 3.38. The first-order chi connectivity index (χ1) is 7.57. The van der Waals surface area contributed by atoms with Crippen molar-refractivity contribution in [1.29, 1.82) is 0 Å². The molecule has 16 heavy (non-hydrogen) atoms. The molecule has 0 bridgehead atoms. The Kier molecular flexibility index (Phi) is 5.76. The van der Waals surface area contributed by atoms with Crippen LogP contribution in [-0.2, 0) is 9.84 Å². The van der Waals surface area contributed by atoms with Crippen molar-refractivity contribution in [2.45, 2.75) is 52.0 Å². The molecular formula is C12H25NO2S. The quantitative estimate of drug-likeness (QED) is 0.780. The Bertz CT molecular complexity index is 279. The average Bonchev–Trinajstić information content (AvgIpc) is 2.30. The highest BCUT2D eigenvalue weighted by atomic mass is 32.2. The molecule has 3 nitrogen and oxygen atoms in total. The van der Waals surface area contributed by atoms with E-state index >= 15 is 0 Å². The smallest absolute Gasteiger partial charge is 0.151 e. The first kappa shape index (κ1) is 14.0. The second-order valence-corrected chi connectivity index (χ2v) is 7.29. The number of sulfone groups is 1. The van der Waals surface area contributed by atoms with Crippen LogP contribution >= 0.6 is 0 Å². The van der Waals surface area contributed by atoms with Gasteiger partial charge in [-0.1, -0.05) is 20.3 Å². The second-order valence-electron chi connectivity index (χ2n) is 4.82. The summed E-state index contributed by atoms with van der Waals surface area (Å²) in [6.07, 6.45) is 6.32. The Morgan fingerprint density at radius 1 is 1.12 bits per heavy atom. The predicted octanol–water partition coefficient (Wildman–Crippen LogP) is 1.98. The lowest BCUT2D eigenvalue weighted by Crippen LogP contribution is -2.36. The lowest BCUT2D eigenvalue weighted by atomic mass is 9.84. The van der Waals surface area contributed by atoms with Crippen molar-refractivity contribution >= 4 is 9.84 Å². The van der Waals surface area contributed by atoms with Gasteiger partial charge in [-0.25, -0.2) is 8.42 Å². The minimum atomic E-state index is -2.80. The van der Waals surface area contributed by atoms with Crippen LogP contribution < -0.4 is 5.32 Å². The van der Waals surface area contributed by atoms with E-state index in [0.29, 0.717) is 12.6 Å². The zero-order chi connectivity index (χ0) is 12.0. The number of hydrogen-bond acceptors (Lipinski definition) is 3. The molecule has 1 N–H and O–H groups in total. The van der Waals surface area contributed by atoms with Crippen LogP contribution in [0, 0.1) is 5.92 Å². The fourth-order valence-electron chi connectivity index (χ4n) is 2.34. The molecule has 1 saturated carbocycles. The Morgan fingerprint density at radius 2 is 1.75 bits per heavy atom. The average molecular weight is 247 g/mol. The zero-order valence-corrected chi connectivity index (χ0v) is 11.4. The van der Waals surface area contributed by atoms with E-state index in [4.69, 9.17) is 0 Å². The maximum atomic E-state index is 11.3. The van der Waals surface area contributed by atoms with Gasteiger partial charge in [0.05, 0.1) is 5.75 Å². The lowest BCUT2D eigenvalue weighted by Gasteiger charge is -2.28. The van der Waals surface area contributed by atoms with Crippen LogP contribution in [-0.4, -0.2) is 32.5 Å². The van der Waals surface area contributed by atoms with Gasteiger partial charge in [0.1, 0.15) is 0 Å². The Balaban J connectivity index is 2.16. The monoisotopic (exact) mass is 247 g/mol. The molecule has 1 fully saturated rings. The summed E-state index contributed by atoms with van der Waals surface area (Å²) < 4.78 is 22.6. The summed E-state index contributed by atoms with van der Waals surface area (Å²) in [6, 6.07) is 0.551. The Labute approximate surface area is 99.9 Å². The molecule has 4 heteroatoms. The van der Waals surface area contributed by atoms with E-state index in [0.717, 1.165) is 5.92 Å². The molecular weight excluding hydrogens is 222 g/mol. The van der Waals surface area contributed by atoms with Crippen LogP contribution in [0.5, 0.6) is 0 Å². The molecule has 96 valence electrons. The molecule has 0 saturated heterocycles. The molecule has 0 aromatic rings. The van der Waals surface area contributed by atoms with Crippen molar-refractivity contribution < 1.29 is 8.42 Å². The molecule has 0 heterocycles. The summed E-state index contributed by atoms with van der Waals surface area (Å²) in [5.74, 6) is 1.45. The van der Waals surface area contributed by atoms with Crippen molar-refractivity contribution in [3.8, 4) is 0 Å². The molecule has 0 spiro atoms. The summed E-state index contributed by atoms with van der Waals surface area (Å²) in [5.41, 5.74) is 0. The molecule has 1 aliphatic rings. The van der Waals surface area contributed by atoms with Gasteiger partial charge >= 0.3 is 0 Å². The first-order valence-electron chi connectivity index (χ1n) is 6.51. The van der Waals surface area contributed by atoms with Crippen LogP contribution in [0.1, 0.15) is 46.0 Å². The summed E-state index contributed by atoms with van der Waals surface area (Å²) >= 11 is 0. The molecule has 0 unspecified atom stereocenters. The van der Waals surface area contributed by atoms with Crippen molar-refractivity contribution in [3.63, 3.8) is 0 Å². The van der Waals surface area contributed by atoms with Crippen molar-refractivity contribution in [3.05, 3.63) is 0 Å². The SMILES string of the molecule is CCC1CCC(NCCS(=O)(=O)CC)CC1. The third-order valence-electron chi connectivity index (χ3n) is 3.71. The Hall–Kier alpha value is -0.0900. The highest BCUT2D eigenvalue weighted by molar-refractivity contribution is 7.91. The van der Waals surface area contributed by atoms with E-state index in [-0.39, 0.29) is 11.5 Å². The maximum Gasteiger partial charge on any atom is 0.151 e. The third-order valence-corrected chi connectivity index (χ3v) is 5.42. The predicted molar refractivity (Wildman–Crippen MR) is 68.4 cm³/mol. The van der Waals surface area contributed by atoms with Gasteiger partial charge in [-0.05, 0) is 31.6 Å². The molecule has 1 rings (SSSR count). The van der Waals surface area contributed by atoms with Gasteiger partial charge in [0.25, 0.3) is 0 Å². The van der Waals surface area contributed by atoms with Crippen molar-refractivity contribution in [2.75, 3.05) is 18.1 Å². The molecule has 0 amide bonds. The summed E-state index contributed by atoms with van der Waals surface area (Å²) in [7, 11) is -2.80. The van der Waals surface area contributed by atoms with Gasteiger partial charge in [0.2, 0.25) is 0 Å². The van der Waals surface area contributed by atoms with E-state index < -0.39 is 9.84 Å². The summed E-state index contributed by atoms with van der Waals surface area (Å²) in [6.45, 7) is 4.59. The maximum absolute atomic E-state index is 11.3. The Morgan fingerprint density at radius 3 is 2.25 bits per heavy atom. The van der Waals surface area contributed by atoms with Gasteiger partial charge in [-0.2, -0.15) is 0 Å². The van der Waals surface area contributed by atoms with Crippen LogP contribution in [0.15, 0.2) is 0 Å². The van der Waals surface area contributed by atoms with Gasteiger partial charge in [-0.15, -0.1) is 0 Å². The van der Waals surface area contributed by atoms with Gasteiger partial charge in [-0.3, -0.25) is 0 Å². The van der Waals surface area contributed by atoms with Crippen LogP contribution in [0.4, 0.5) is 0 Å². The number of hydrogen-bond donors (Lipinski definition) is 1. The lowest BCUT2D eigenvalue weighted by molar-refractivity contribution is 0.289. The fourth-order valence-corrected chi connectivity index (χ4v) is 3.06. The third kappa shape index (κ3) is 4.83. The molecule has 0 radical (unpaired) electrons. The van der Waals surface area contributed by atoms with Crippen LogP contribution in [0.25, 0.3) is 0 Å². The molecule has 1 aliphatic carbocycles. The van der Waals surface area contributed by atoms with Crippen molar-refractivity contribution in [2.24, 2.45) is 5.92 Å². The highest BCUT2D eigenvalue weighted by Crippen LogP contribution is 2.26. The zero-order valence-electron chi connectivity index (χ0n) is 10.5. The largest absolute Gasteiger partial charge is 0.313 e. The minimum Gasteiger partial charge on any atom is -0.313 e. The fraction of sp³-hybridized carbons (Fsp3) is 1.00. The van der Waals surface area contributed by atoms with E-state index in [1.807, 2.05) is 0 Å². The first-order valence-corrected chi connectivity index (χ1v) is 8.33. The second kappa shape index (κ2) is 6.60. The number of rotatable bonds is 6. The molecule has 0 aliphatic heterocycles. The van der Waals surface area contributed by atoms with Crippen LogP contribution in [0.3, 0.4) is 0 Å². The summed E-state index contributed by atoms with van der Waals surface area (Å²) in [4.78, 5) is 0. The highest BCUT2D eigenvalue weighted by Gasteiger charge is 2.19. The van der Waals surface area contributed by atoms with Gasteiger partial charge < -0.3 is 5.32 Å². The molecule has 0 atom stereocenters. The standard InChI is InChI=1S/C12H25NO2S/c1-3-11-5-7-12(8-6-11)13-9-10-16(14,15)4-2/h11-13H,3-10H2,1-2H3. The van der Waals surface area contributed by atoms with Gasteiger partial charge in [0.15, 0.2) is 9.84 Å². The van der Waals surface area contributed by atoms with Crippen molar-refractivity contribution in [1.82, 2.24) is 5.32 Å². The van der Waals surface area contributed by atoms with Gasteiger partial charge in [0, 0.05) is 18.3 Å². The van der Waals surface area contributed by atoms with E-state index in [2.05, 4.69) is 12.2 Å². The molecule has 0 aromatic carbocycles. The van der Waals surface area contributed by atoms with E-state index in [9.17, 15) is 8.42 Å². The molecule has 0 aromatic heterocycles. The van der Waals surface area contributed by atoms with E-state index in [1.54, 1.807) is 6.92 Å².